The molecule has 1 aliphatic heterocycles. The van der Waals surface area contributed by atoms with Crippen LogP contribution < -0.4 is 10.6 Å². The predicted octanol–water partition coefficient (Wildman–Crippen LogP) is 3.94. The third kappa shape index (κ3) is 5.57. The number of nitrogens with zero attached hydrogens (tertiary/aromatic N) is 1. The van der Waals surface area contributed by atoms with Crippen molar-refractivity contribution >= 4 is 17.5 Å². The molecular formula is C23H35N3O2. The fourth-order valence-corrected chi connectivity index (χ4v) is 4.50. The molecule has 154 valence electrons. The monoisotopic (exact) mass is 385 g/mol. The van der Waals surface area contributed by atoms with Crippen LogP contribution in [0.2, 0.25) is 0 Å². The third-order valence-electron chi connectivity index (χ3n) is 6.11. The number of benzene rings is 1. The maximum atomic E-state index is 13.1. The SMILES string of the molecule is CCCNC(=O)[C@@H]1CCCC[C@@H]1C(=O)Nc1ccccc1CN1CCCCC1. The van der Waals surface area contributed by atoms with Gasteiger partial charge in [0.2, 0.25) is 11.8 Å². The van der Waals surface area contributed by atoms with Gasteiger partial charge >= 0.3 is 0 Å². The van der Waals surface area contributed by atoms with Gasteiger partial charge in [-0.3, -0.25) is 14.5 Å². The van der Waals surface area contributed by atoms with Crippen molar-refractivity contribution in [2.45, 2.75) is 64.8 Å². The Kier molecular flexibility index (Phi) is 7.90. The molecule has 1 aromatic carbocycles. The van der Waals surface area contributed by atoms with E-state index < -0.39 is 0 Å². The zero-order valence-corrected chi connectivity index (χ0v) is 17.2. The zero-order chi connectivity index (χ0) is 19.8. The second-order valence-electron chi connectivity index (χ2n) is 8.27. The first-order chi connectivity index (χ1) is 13.7. The minimum atomic E-state index is -0.228. The van der Waals surface area contributed by atoms with E-state index in [2.05, 4.69) is 21.6 Å². The van der Waals surface area contributed by atoms with Crippen molar-refractivity contribution in [3.8, 4) is 0 Å². The van der Waals surface area contributed by atoms with Gasteiger partial charge < -0.3 is 10.6 Å². The lowest BCUT2D eigenvalue weighted by Crippen LogP contribution is -2.42. The number of likely N-dealkylation sites (tertiary alicyclic amines) is 1. The Hall–Kier alpha value is -1.88. The van der Waals surface area contributed by atoms with E-state index in [0.29, 0.717) is 6.54 Å². The van der Waals surface area contributed by atoms with Crippen LogP contribution in [0.3, 0.4) is 0 Å². The maximum absolute atomic E-state index is 13.1. The highest BCUT2D eigenvalue weighted by atomic mass is 16.2. The molecule has 2 fully saturated rings. The Bertz CT molecular complexity index is 655. The van der Waals surface area contributed by atoms with Gasteiger partial charge in [-0.05, 0) is 56.8 Å². The lowest BCUT2D eigenvalue weighted by Gasteiger charge is -2.30. The van der Waals surface area contributed by atoms with Crippen LogP contribution in [-0.2, 0) is 16.1 Å². The van der Waals surface area contributed by atoms with Crippen LogP contribution >= 0.6 is 0 Å². The van der Waals surface area contributed by atoms with Crippen LogP contribution in [0.4, 0.5) is 5.69 Å². The van der Waals surface area contributed by atoms with Gasteiger partial charge in [0, 0.05) is 30.6 Å². The smallest absolute Gasteiger partial charge is 0.228 e. The lowest BCUT2D eigenvalue weighted by molar-refractivity contribution is -0.134. The van der Waals surface area contributed by atoms with E-state index in [1.165, 1.54) is 24.8 Å². The van der Waals surface area contributed by atoms with Crippen molar-refractivity contribution in [1.82, 2.24) is 10.2 Å². The zero-order valence-electron chi connectivity index (χ0n) is 17.2. The Labute approximate surface area is 169 Å². The number of carbonyl (C=O) groups is 2. The fourth-order valence-electron chi connectivity index (χ4n) is 4.50. The highest BCUT2D eigenvalue weighted by molar-refractivity contribution is 5.96. The first-order valence-electron chi connectivity index (χ1n) is 11.1. The highest BCUT2D eigenvalue weighted by Gasteiger charge is 2.35. The van der Waals surface area contributed by atoms with Gasteiger partial charge in [-0.1, -0.05) is 44.4 Å². The summed E-state index contributed by atoms with van der Waals surface area (Å²) in [5.74, 6) is -0.381. The minimum Gasteiger partial charge on any atom is -0.356 e. The molecule has 2 amide bonds. The summed E-state index contributed by atoms with van der Waals surface area (Å²) in [5, 5.41) is 6.16. The van der Waals surface area contributed by atoms with Crippen molar-refractivity contribution in [2.75, 3.05) is 25.0 Å². The van der Waals surface area contributed by atoms with Crippen molar-refractivity contribution in [2.24, 2.45) is 11.8 Å². The van der Waals surface area contributed by atoms with Crippen molar-refractivity contribution in [3.05, 3.63) is 29.8 Å². The Morgan fingerprint density at radius 1 is 0.964 bits per heavy atom. The van der Waals surface area contributed by atoms with Gasteiger partial charge in [0.05, 0.1) is 0 Å². The molecule has 1 saturated carbocycles. The lowest BCUT2D eigenvalue weighted by atomic mass is 9.78. The number of rotatable bonds is 7. The molecule has 1 heterocycles. The fraction of sp³-hybridized carbons (Fsp3) is 0.652. The number of amides is 2. The first-order valence-corrected chi connectivity index (χ1v) is 11.1. The molecule has 5 heteroatoms. The molecule has 0 radical (unpaired) electrons. The van der Waals surface area contributed by atoms with E-state index >= 15 is 0 Å². The van der Waals surface area contributed by atoms with E-state index in [1.807, 2.05) is 25.1 Å². The van der Waals surface area contributed by atoms with Gasteiger partial charge in [0.1, 0.15) is 0 Å². The summed E-state index contributed by atoms with van der Waals surface area (Å²) < 4.78 is 0. The van der Waals surface area contributed by atoms with Gasteiger partial charge in [-0.15, -0.1) is 0 Å². The van der Waals surface area contributed by atoms with Crippen molar-refractivity contribution in [1.29, 1.82) is 0 Å². The summed E-state index contributed by atoms with van der Waals surface area (Å²) in [6.07, 6.45) is 8.39. The van der Waals surface area contributed by atoms with Crippen LogP contribution in [0, 0.1) is 11.8 Å². The van der Waals surface area contributed by atoms with Crippen LogP contribution in [0.15, 0.2) is 24.3 Å². The largest absolute Gasteiger partial charge is 0.356 e. The molecule has 3 rings (SSSR count). The summed E-state index contributed by atoms with van der Waals surface area (Å²) in [4.78, 5) is 28.1. The molecule has 1 aromatic rings. The van der Waals surface area contributed by atoms with Crippen molar-refractivity contribution in [3.63, 3.8) is 0 Å². The van der Waals surface area contributed by atoms with Crippen LogP contribution in [0.25, 0.3) is 0 Å². The molecule has 0 unspecified atom stereocenters. The molecule has 28 heavy (non-hydrogen) atoms. The second-order valence-corrected chi connectivity index (χ2v) is 8.27. The second kappa shape index (κ2) is 10.6. The van der Waals surface area contributed by atoms with Crippen LogP contribution in [0.1, 0.15) is 63.9 Å². The van der Waals surface area contributed by atoms with Gasteiger partial charge in [-0.2, -0.15) is 0 Å². The number of para-hydroxylation sites is 1. The number of hydrogen-bond acceptors (Lipinski definition) is 3. The number of hydrogen-bond donors (Lipinski definition) is 2. The molecule has 0 spiro atoms. The number of carbonyl (C=O) groups excluding carboxylic acids is 2. The molecular weight excluding hydrogens is 350 g/mol. The number of piperidine rings is 1. The summed E-state index contributed by atoms with van der Waals surface area (Å²) in [6, 6.07) is 8.11. The molecule has 2 atom stereocenters. The molecule has 1 aliphatic carbocycles. The predicted molar refractivity (Wildman–Crippen MR) is 113 cm³/mol. The van der Waals surface area contributed by atoms with Gasteiger partial charge in [0.15, 0.2) is 0 Å². The van der Waals surface area contributed by atoms with E-state index in [9.17, 15) is 9.59 Å². The Morgan fingerprint density at radius 2 is 1.64 bits per heavy atom. The number of nitrogens with one attached hydrogen (secondary N) is 2. The molecule has 1 saturated heterocycles. The highest BCUT2D eigenvalue weighted by Crippen LogP contribution is 2.32. The van der Waals surface area contributed by atoms with E-state index in [0.717, 1.165) is 57.4 Å². The average Bonchev–Trinajstić information content (AvgIpc) is 2.74. The van der Waals surface area contributed by atoms with Crippen LogP contribution in [-0.4, -0.2) is 36.3 Å². The third-order valence-corrected chi connectivity index (χ3v) is 6.11. The van der Waals surface area contributed by atoms with E-state index in [1.54, 1.807) is 0 Å². The normalized spacial score (nSPS) is 23.2. The summed E-state index contributed by atoms with van der Waals surface area (Å²) in [5.41, 5.74) is 2.07. The molecule has 0 aromatic heterocycles. The average molecular weight is 386 g/mol. The molecule has 2 aliphatic rings. The quantitative estimate of drug-likeness (QED) is 0.747. The molecule has 5 nitrogen and oxygen atoms in total. The van der Waals surface area contributed by atoms with Gasteiger partial charge in [0.25, 0.3) is 0 Å². The van der Waals surface area contributed by atoms with Crippen molar-refractivity contribution < 1.29 is 9.59 Å². The van der Waals surface area contributed by atoms with E-state index in [-0.39, 0.29) is 23.7 Å². The number of anilines is 1. The maximum Gasteiger partial charge on any atom is 0.228 e. The summed E-state index contributed by atoms with van der Waals surface area (Å²) in [7, 11) is 0. The summed E-state index contributed by atoms with van der Waals surface area (Å²) >= 11 is 0. The Balaban J connectivity index is 1.66. The Morgan fingerprint density at radius 3 is 2.36 bits per heavy atom. The molecule has 0 bridgehead atoms. The molecule has 2 N–H and O–H groups in total. The van der Waals surface area contributed by atoms with Gasteiger partial charge in [-0.25, -0.2) is 0 Å². The van der Waals surface area contributed by atoms with E-state index in [4.69, 9.17) is 0 Å². The van der Waals surface area contributed by atoms with Crippen LogP contribution in [0.5, 0.6) is 0 Å². The minimum absolute atomic E-state index is 0.00226. The summed E-state index contributed by atoms with van der Waals surface area (Å²) in [6.45, 7) is 5.86. The first kappa shape index (κ1) is 20.8. The standard InChI is InChI=1S/C23H35N3O2/c1-2-14-24-22(27)19-11-5-6-12-20(19)23(28)25-21-13-7-4-10-18(21)17-26-15-8-3-9-16-26/h4,7,10,13,19-20H,2-3,5-6,8-9,11-12,14-17H2,1H3,(H,24,27)(H,25,28)/t19-,20+/m1/s1. The topological polar surface area (TPSA) is 61.4 Å².